The maximum absolute atomic E-state index is 11.9. The Labute approximate surface area is 125 Å². The van der Waals surface area contributed by atoms with Crippen molar-refractivity contribution in [3.05, 3.63) is 22.8 Å². The number of nitrogens with one attached hydrogen (secondary N) is 1. The van der Waals surface area contributed by atoms with Gasteiger partial charge in [-0.2, -0.15) is 0 Å². The molecule has 0 spiro atoms. The molecule has 0 unspecified atom stereocenters. The summed E-state index contributed by atoms with van der Waals surface area (Å²) in [6, 6.07) is 3.46. The third kappa shape index (κ3) is 5.26. The molecule has 0 saturated heterocycles. The minimum atomic E-state index is -0.916. The quantitative estimate of drug-likeness (QED) is 0.786. The molecule has 1 heterocycles. The van der Waals surface area contributed by atoms with E-state index in [1.165, 1.54) is 0 Å². The highest BCUT2D eigenvalue weighted by Crippen LogP contribution is 2.29. The molecular formula is C13H16BrN3O3. The first kappa shape index (κ1) is 14.9. The molecule has 1 aromatic rings. The number of carboxylic acids is 1. The van der Waals surface area contributed by atoms with Crippen molar-refractivity contribution in [2.45, 2.75) is 12.8 Å². The number of carbonyl (C=O) groups excluding carboxylic acids is 1. The van der Waals surface area contributed by atoms with Gasteiger partial charge in [-0.25, -0.2) is 4.98 Å². The lowest BCUT2D eigenvalue weighted by atomic mass is 10.3. The second-order valence-electron chi connectivity index (χ2n) is 4.92. The first-order valence-corrected chi connectivity index (χ1v) is 7.18. The van der Waals surface area contributed by atoms with E-state index in [0.29, 0.717) is 18.3 Å². The fraction of sp³-hybridized carbons (Fsp3) is 0.462. The van der Waals surface area contributed by atoms with Crippen molar-refractivity contribution in [1.29, 1.82) is 0 Å². The maximum Gasteiger partial charge on any atom is 0.317 e. The van der Waals surface area contributed by atoms with E-state index < -0.39 is 5.97 Å². The minimum absolute atomic E-state index is 0.0700. The number of hydrogen-bond acceptors (Lipinski definition) is 4. The Morgan fingerprint density at radius 3 is 2.70 bits per heavy atom. The van der Waals surface area contributed by atoms with Crippen molar-refractivity contribution >= 4 is 33.6 Å². The highest BCUT2D eigenvalue weighted by molar-refractivity contribution is 9.10. The van der Waals surface area contributed by atoms with Gasteiger partial charge >= 0.3 is 5.97 Å². The zero-order valence-corrected chi connectivity index (χ0v) is 12.5. The van der Waals surface area contributed by atoms with Crippen LogP contribution >= 0.6 is 15.9 Å². The normalized spacial score (nSPS) is 14.3. The van der Waals surface area contributed by atoms with E-state index in [0.717, 1.165) is 17.3 Å². The Morgan fingerprint density at radius 2 is 2.15 bits per heavy atom. The van der Waals surface area contributed by atoms with Crippen molar-refractivity contribution in [2.75, 3.05) is 25.0 Å². The fourth-order valence-corrected chi connectivity index (χ4v) is 2.11. The van der Waals surface area contributed by atoms with E-state index in [4.69, 9.17) is 5.11 Å². The van der Waals surface area contributed by atoms with Crippen LogP contribution < -0.4 is 5.32 Å². The molecule has 1 fully saturated rings. The molecule has 0 aliphatic heterocycles. The molecule has 6 nitrogen and oxygen atoms in total. The van der Waals surface area contributed by atoms with E-state index in [9.17, 15) is 9.59 Å². The van der Waals surface area contributed by atoms with Gasteiger partial charge in [0.15, 0.2) is 0 Å². The summed E-state index contributed by atoms with van der Waals surface area (Å²) in [7, 11) is 0. The van der Waals surface area contributed by atoms with E-state index >= 15 is 0 Å². The second kappa shape index (κ2) is 6.81. The molecule has 0 atom stereocenters. The van der Waals surface area contributed by atoms with Crippen LogP contribution in [0.15, 0.2) is 22.8 Å². The molecule has 1 amide bonds. The van der Waals surface area contributed by atoms with Crippen LogP contribution in [0.5, 0.6) is 0 Å². The smallest absolute Gasteiger partial charge is 0.317 e. The molecule has 1 aromatic heterocycles. The van der Waals surface area contributed by atoms with Gasteiger partial charge < -0.3 is 10.4 Å². The molecule has 7 heteroatoms. The van der Waals surface area contributed by atoms with Gasteiger partial charge in [0, 0.05) is 17.2 Å². The average molecular weight is 342 g/mol. The predicted octanol–water partition coefficient (Wildman–Crippen LogP) is 1.58. The van der Waals surface area contributed by atoms with E-state index in [2.05, 4.69) is 26.2 Å². The van der Waals surface area contributed by atoms with Crippen LogP contribution in [0.4, 0.5) is 5.82 Å². The Kier molecular flexibility index (Phi) is 5.08. The number of aromatic nitrogens is 1. The summed E-state index contributed by atoms with van der Waals surface area (Å²) in [5.41, 5.74) is 0. The summed E-state index contributed by atoms with van der Waals surface area (Å²) < 4.78 is 0.830. The highest BCUT2D eigenvalue weighted by atomic mass is 79.9. The Morgan fingerprint density at radius 1 is 1.40 bits per heavy atom. The topological polar surface area (TPSA) is 82.5 Å². The number of carboxylic acid groups (broad SMARTS) is 1. The van der Waals surface area contributed by atoms with Crippen molar-refractivity contribution in [2.24, 2.45) is 5.92 Å². The lowest BCUT2D eigenvalue weighted by Crippen LogP contribution is -2.38. The zero-order valence-electron chi connectivity index (χ0n) is 10.9. The summed E-state index contributed by atoms with van der Waals surface area (Å²) in [6.45, 7) is 0.617. The molecular weight excluding hydrogens is 326 g/mol. The highest BCUT2D eigenvalue weighted by Gasteiger charge is 2.26. The number of halogens is 1. The van der Waals surface area contributed by atoms with Crippen LogP contribution in [0.1, 0.15) is 12.8 Å². The summed E-state index contributed by atoms with van der Waals surface area (Å²) in [5.74, 6) is -0.171. The van der Waals surface area contributed by atoms with Gasteiger partial charge in [-0.3, -0.25) is 14.5 Å². The second-order valence-corrected chi connectivity index (χ2v) is 5.83. The molecule has 1 saturated carbocycles. The SMILES string of the molecule is O=C(O)CN(CC(=O)Nc1ccc(Br)cn1)CC1CC1. The van der Waals surface area contributed by atoms with Gasteiger partial charge in [0.1, 0.15) is 5.82 Å². The summed E-state index contributed by atoms with van der Waals surface area (Å²) >= 11 is 3.26. The first-order valence-electron chi connectivity index (χ1n) is 6.38. The lowest BCUT2D eigenvalue weighted by molar-refractivity contribution is -0.138. The monoisotopic (exact) mass is 341 g/mol. The van der Waals surface area contributed by atoms with Gasteiger partial charge in [-0.1, -0.05) is 0 Å². The van der Waals surface area contributed by atoms with Gasteiger partial charge in [0.25, 0.3) is 0 Å². The molecule has 0 bridgehead atoms. The molecule has 1 aliphatic rings. The largest absolute Gasteiger partial charge is 0.480 e. The number of rotatable bonds is 7. The number of pyridine rings is 1. The summed E-state index contributed by atoms with van der Waals surface area (Å²) in [5, 5.41) is 11.5. The fourth-order valence-electron chi connectivity index (χ4n) is 1.88. The van der Waals surface area contributed by atoms with Crippen LogP contribution in [0.2, 0.25) is 0 Å². The number of amides is 1. The first-order chi connectivity index (χ1) is 9.52. The summed E-state index contributed by atoms with van der Waals surface area (Å²) in [4.78, 5) is 28.4. The van der Waals surface area contributed by atoms with Gasteiger partial charge in [0.2, 0.25) is 5.91 Å². The number of anilines is 1. The molecule has 108 valence electrons. The van der Waals surface area contributed by atoms with Crippen molar-refractivity contribution < 1.29 is 14.7 Å². The van der Waals surface area contributed by atoms with E-state index in [1.807, 2.05) is 0 Å². The van der Waals surface area contributed by atoms with Crippen molar-refractivity contribution in [1.82, 2.24) is 9.88 Å². The standard InChI is InChI=1S/C13H16BrN3O3/c14-10-3-4-11(15-5-10)16-12(18)7-17(8-13(19)20)6-9-1-2-9/h3-5,9H,1-2,6-8H2,(H,19,20)(H,15,16,18). The minimum Gasteiger partial charge on any atom is -0.480 e. The average Bonchev–Trinajstić information content (AvgIpc) is 3.15. The van der Waals surface area contributed by atoms with Crippen molar-refractivity contribution in [3.8, 4) is 0 Å². The van der Waals surface area contributed by atoms with Gasteiger partial charge in [0.05, 0.1) is 13.1 Å². The van der Waals surface area contributed by atoms with Crippen LogP contribution in [-0.4, -0.2) is 46.5 Å². The Hall–Kier alpha value is -1.47. The summed E-state index contributed by atoms with van der Waals surface area (Å²) in [6.07, 6.45) is 3.83. The lowest BCUT2D eigenvalue weighted by Gasteiger charge is -2.19. The molecule has 2 rings (SSSR count). The molecule has 20 heavy (non-hydrogen) atoms. The van der Waals surface area contributed by atoms with E-state index in [-0.39, 0.29) is 19.0 Å². The van der Waals surface area contributed by atoms with Crippen molar-refractivity contribution in [3.63, 3.8) is 0 Å². The molecule has 0 aromatic carbocycles. The number of hydrogen-bond donors (Lipinski definition) is 2. The molecule has 0 radical (unpaired) electrons. The van der Waals surface area contributed by atoms with Crippen LogP contribution in [0, 0.1) is 5.92 Å². The number of carbonyl (C=O) groups is 2. The number of nitrogens with zero attached hydrogens (tertiary/aromatic N) is 2. The Bertz CT molecular complexity index is 488. The van der Waals surface area contributed by atoms with Gasteiger partial charge in [-0.05, 0) is 46.8 Å². The molecule has 1 aliphatic carbocycles. The van der Waals surface area contributed by atoms with Crippen LogP contribution in [0.3, 0.4) is 0 Å². The third-order valence-corrected chi connectivity index (χ3v) is 3.40. The zero-order chi connectivity index (χ0) is 14.5. The molecule has 2 N–H and O–H groups in total. The maximum atomic E-state index is 11.9. The Balaban J connectivity index is 1.86. The van der Waals surface area contributed by atoms with Crippen LogP contribution in [0.25, 0.3) is 0 Å². The van der Waals surface area contributed by atoms with Crippen LogP contribution in [-0.2, 0) is 9.59 Å². The van der Waals surface area contributed by atoms with Gasteiger partial charge in [-0.15, -0.1) is 0 Å². The third-order valence-electron chi connectivity index (χ3n) is 2.93. The number of aliphatic carboxylic acids is 1. The predicted molar refractivity (Wildman–Crippen MR) is 77.4 cm³/mol. The van der Waals surface area contributed by atoms with E-state index in [1.54, 1.807) is 23.2 Å².